The van der Waals surface area contributed by atoms with Crippen molar-refractivity contribution in [2.24, 2.45) is 0 Å². The first-order valence-corrected chi connectivity index (χ1v) is 8.37. The molecule has 1 unspecified atom stereocenters. The van der Waals surface area contributed by atoms with Crippen molar-refractivity contribution in [3.8, 4) is 0 Å². The lowest BCUT2D eigenvalue weighted by atomic mass is 10.1. The first-order valence-electron chi connectivity index (χ1n) is 7.49. The normalized spacial score (nSPS) is 12.8. The van der Waals surface area contributed by atoms with Crippen LogP contribution < -0.4 is 0 Å². The van der Waals surface area contributed by atoms with Crippen LogP contribution in [0.5, 0.6) is 0 Å². The molecule has 1 heterocycles. The fraction of sp³-hybridized carbons (Fsp3) is 0.688. The predicted octanol–water partition coefficient (Wildman–Crippen LogP) is 4.61. The Labute approximate surface area is 121 Å². The molecule has 0 radical (unpaired) electrons. The third kappa shape index (κ3) is 5.87. The zero-order chi connectivity index (χ0) is 14.1. The Morgan fingerprint density at radius 1 is 1.32 bits per heavy atom. The molecule has 1 rings (SSSR count). The highest BCUT2D eigenvalue weighted by Gasteiger charge is 2.12. The van der Waals surface area contributed by atoms with Crippen LogP contribution in [0.2, 0.25) is 0 Å². The first-order chi connectivity index (χ1) is 9.19. The molecule has 0 aliphatic carbocycles. The fourth-order valence-electron chi connectivity index (χ4n) is 2.18. The second kappa shape index (κ2) is 9.27. The van der Waals surface area contributed by atoms with Gasteiger partial charge in [0.1, 0.15) is 0 Å². The molecule has 0 fully saturated rings. The van der Waals surface area contributed by atoms with Crippen molar-refractivity contribution in [3.63, 3.8) is 0 Å². The van der Waals surface area contributed by atoms with Crippen LogP contribution in [0.4, 0.5) is 0 Å². The molecule has 1 aromatic heterocycles. The van der Waals surface area contributed by atoms with Gasteiger partial charge in [0.15, 0.2) is 5.78 Å². The summed E-state index contributed by atoms with van der Waals surface area (Å²) in [5, 5.41) is 1.97. The number of hydrogen-bond donors (Lipinski definition) is 0. The van der Waals surface area contributed by atoms with Crippen molar-refractivity contribution >= 4 is 17.1 Å². The van der Waals surface area contributed by atoms with Crippen molar-refractivity contribution in [1.29, 1.82) is 0 Å². The largest absolute Gasteiger partial charge is 0.301 e. The SMILES string of the molecule is CCCCN(CCCC(=O)c1cccs1)C(C)CC. The molecular weight excluding hydrogens is 254 g/mol. The maximum atomic E-state index is 11.9. The molecule has 0 bridgehead atoms. The van der Waals surface area contributed by atoms with Gasteiger partial charge in [0.05, 0.1) is 4.88 Å². The van der Waals surface area contributed by atoms with Crippen LogP contribution >= 0.6 is 11.3 Å². The lowest BCUT2D eigenvalue weighted by molar-refractivity contribution is 0.0974. The highest BCUT2D eigenvalue weighted by molar-refractivity contribution is 7.12. The number of carbonyl (C=O) groups is 1. The zero-order valence-electron chi connectivity index (χ0n) is 12.5. The van der Waals surface area contributed by atoms with Gasteiger partial charge in [-0.3, -0.25) is 4.79 Å². The molecule has 0 aliphatic rings. The molecule has 1 atom stereocenters. The predicted molar refractivity (Wildman–Crippen MR) is 84.1 cm³/mol. The highest BCUT2D eigenvalue weighted by atomic mass is 32.1. The van der Waals surface area contributed by atoms with Crippen LogP contribution in [0.15, 0.2) is 17.5 Å². The van der Waals surface area contributed by atoms with Gasteiger partial charge in [0.2, 0.25) is 0 Å². The van der Waals surface area contributed by atoms with Crippen molar-refractivity contribution in [2.75, 3.05) is 13.1 Å². The van der Waals surface area contributed by atoms with E-state index in [1.54, 1.807) is 11.3 Å². The van der Waals surface area contributed by atoms with Gasteiger partial charge in [0.25, 0.3) is 0 Å². The van der Waals surface area contributed by atoms with E-state index in [-0.39, 0.29) is 0 Å². The average molecular weight is 281 g/mol. The number of rotatable bonds is 10. The quantitative estimate of drug-likeness (QED) is 0.584. The number of unbranched alkanes of at least 4 members (excludes halogenated alkanes) is 1. The van der Waals surface area contributed by atoms with Crippen molar-refractivity contribution in [3.05, 3.63) is 22.4 Å². The second-order valence-electron chi connectivity index (χ2n) is 5.15. The third-order valence-electron chi connectivity index (χ3n) is 3.66. The third-order valence-corrected chi connectivity index (χ3v) is 4.57. The van der Waals surface area contributed by atoms with Crippen molar-refractivity contribution in [2.45, 2.75) is 58.9 Å². The smallest absolute Gasteiger partial charge is 0.172 e. The van der Waals surface area contributed by atoms with Gasteiger partial charge in [-0.15, -0.1) is 11.3 Å². The fourth-order valence-corrected chi connectivity index (χ4v) is 2.87. The summed E-state index contributed by atoms with van der Waals surface area (Å²) in [4.78, 5) is 15.4. The van der Waals surface area contributed by atoms with Gasteiger partial charge < -0.3 is 4.90 Å². The van der Waals surface area contributed by atoms with E-state index >= 15 is 0 Å². The summed E-state index contributed by atoms with van der Waals surface area (Å²) < 4.78 is 0. The van der Waals surface area contributed by atoms with E-state index in [9.17, 15) is 4.79 Å². The summed E-state index contributed by atoms with van der Waals surface area (Å²) in [6.07, 6.45) is 5.33. The Balaban J connectivity index is 2.33. The molecule has 3 heteroatoms. The zero-order valence-corrected chi connectivity index (χ0v) is 13.3. The standard InChI is InChI=1S/C16H27NOS/c1-4-6-11-17(14(3)5-2)12-7-9-15(18)16-10-8-13-19-16/h8,10,13-14H,4-7,9,11-12H2,1-3H3. The topological polar surface area (TPSA) is 20.3 Å². The molecule has 108 valence electrons. The van der Waals surface area contributed by atoms with Crippen LogP contribution in [0, 0.1) is 0 Å². The molecule has 2 nitrogen and oxygen atoms in total. The lowest BCUT2D eigenvalue weighted by Crippen LogP contribution is -2.34. The summed E-state index contributed by atoms with van der Waals surface area (Å²) >= 11 is 1.55. The van der Waals surface area contributed by atoms with Crippen LogP contribution in [-0.4, -0.2) is 29.8 Å². The minimum Gasteiger partial charge on any atom is -0.301 e. The summed E-state index contributed by atoms with van der Waals surface area (Å²) in [6.45, 7) is 8.97. The Bertz CT molecular complexity index is 348. The van der Waals surface area contributed by atoms with Crippen LogP contribution in [0.1, 0.15) is 62.5 Å². The molecular formula is C16H27NOS. The summed E-state index contributed by atoms with van der Waals surface area (Å²) in [5.41, 5.74) is 0. The van der Waals surface area contributed by atoms with Crippen molar-refractivity contribution in [1.82, 2.24) is 4.90 Å². The second-order valence-corrected chi connectivity index (χ2v) is 6.10. The van der Waals surface area contributed by atoms with Gasteiger partial charge in [-0.25, -0.2) is 0 Å². The Morgan fingerprint density at radius 2 is 2.05 bits per heavy atom. The maximum absolute atomic E-state index is 11.9. The number of nitrogens with zero attached hydrogens (tertiary/aromatic N) is 1. The Morgan fingerprint density at radius 3 is 2.63 bits per heavy atom. The minimum absolute atomic E-state index is 0.301. The average Bonchev–Trinajstić information content (AvgIpc) is 2.95. The van der Waals surface area contributed by atoms with E-state index in [0.29, 0.717) is 18.2 Å². The van der Waals surface area contributed by atoms with Gasteiger partial charge >= 0.3 is 0 Å². The molecule has 19 heavy (non-hydrogen) atoms. The number of hydrogen-bond acceptors (Lipinski definition) is 3. The molecule has 1 aromatic rings. The summed E-state index contributed by atoms with van der Waals surface area (Å²) in [7, 11) is 0. The molecule has 0 saturated carbocycles. The molecule has 0 amide bonds. The first kappa shape index (κ1) is 16.4. The minimum atomic E-state index is 0.301. The monoisotopic (exact) mass is 281 g/mol. The molecule has 0 spiro atoms. The number of Topliss-reactive ketones (excluding diaryl/α,β-unsaturated/α-hetero) is 1. The molecule has 0 saturated heterocycles. The molecule has 0 aliphatic heterocycles. The number of carbonyl (C=O) groups excluding carboxylic acids is 1. The highest BCUT2D eigenvalue weighted by Crippen LogP contribution is 2.13. The van der Waals surface area contributed by atoms with Gasteiger partial charge in [-0.2, -0.15) is 0 Å². The van der Waals surface area contributed by atoms with E-state index in [2.05, 4.69) is 25.7 Å². The molecule has 0 N–H and O–H groups in total. The lowest BCUT2D eigenvalue weighted by Gasteiger charge is -2.28. The van der Waals surface area contributed by atoms with E-state index < -0.39 is 0 Å². The van der Waals surface area contributed by atoms with E-state index in [4.69, 9.17) is 0 Å². The van der Waals surface area contributed by atoms with E-state index in [1.807, 2.05) is 17.5 Å². The van der Waals surface area contributed by atoms with E-state index in [0.717, 1.165) is 17.8 Å². The van der Waals surface area contributed by atoms with E-state index in [1.165, 1.54) is 25.8 Å². The van der Waals surface area contributed by atoms with Gasteiger partial charge in [0, 0.05) is 12.5 Å². The van der Waals surface area contributed by atoms with Crippen LogP contribution in [0.25, 0.3) is 0 Å². The summed E-state index contributed by atoms with van der Waals surface area (Å²) in [5.74, 6) is 0.301. The van der Waals surface area contributed by atoms with Crippen LogP contribution in [-0.2, 0) is 0 Å². The van der Waals surface area contributed by atoms with Crippen molar-refractivity contribution < 1.29 is 4.79 Å². The molecule has 0 aromatic carbocycles. The van der Waals surface area contributed by atoms with Gasteiger partial charge in [-0.05, 0) is 50.7 Å². The number of ketones is 1. The summed E-state index contributed by atoms with van der Waals surface area (Å²) in [6, 6.07) is 4.50. The Hall–Kier alpha value is -0.670. The number of thiophene rings is 1. The van der Waals surface area contributed by atoms with Gasteiger partial charge in [-0.1, -0.05) is 26.3 Å². The van der Waals surface area contributed by atoms with Crippen LogP contribution in [0.3, 0.4) is 0 Å². The maximum Gasteiger partial charge on any atom is 0.172 e. The Kier molecular flexibility index (Phi) is 7.99.